The molecule has 0 aliphatic rings. The largest absolute Gasteiger partial charge is 0.368 e. The van der Waals surface area contributed by atoms with E-state index in [-0.39, 0.29) is 5.69 Å². The Morgan fingerprint density at radius 2 is 2.00 bits per heavy atom. The van der Waals surface area contributed by atoms with Crippen LogP contribution in [0.25, 0.3) is 5.65 Å². The van der Waals surface area contributed by atoms with Crippen molar-refractivity contribution in [3.63, 3.8) is 0 Å². The molecule has 0 radical (unpaired) electrons. The van der Waals surface area contributed by atoms with Gasteiger partial charge >= 0.3 is 0 Å². The molecule has 0 fully saturated rings. The van der Waals surface area contributed by atoms with Crippen molar-refractivity contribution in [3.05, 3.63) is 70.1 Å². The van der Waals surface area contributed by atoms with Crippen molar-refractivity contribution in [2.75, 3.05) is 0 Å². The second-order valence-corrected chi connectivity index (χ2v) is 6.30. The highest BCUT2D eigenvalue weighted by molar-refractivity contribution is 9.10. The summed E-state index contributed by atoms with van der Waals surface area (Å²) >= 11 is 3.34. The molecule has 2 heterocycles. The van der Waals surface area contributed by atoms with Gasteiger partial charge in [-0.3, -0.25) is 9.59 Å². The summed E-state index contributed by atoms with van der Waals surface area (Å²) in [5, 5.41) is 2.65. The fourth-order valence-electron chi connectivity index (χ4n) is 2.47. The summed E-state index contributed by atoms with van der Waals surface area (Å²) in [6, 6.07) is 11.7. The van der Waals surface area contributed by atoms with E-state index >= 15 is 0 Å². The van der Waals surface area contributed by atoms with Crippen LogP contribution in [0.1, 0.15) is 27.8 Å². The predicted molar refractivity (Wildman–Crippen MR) is 93.5 cm³/mol. The van der Waals surface area contributed by atoms with Gasteiger partial charge in [-0.25, -0.2) is 4.98 Å². The van der Waals surface area contributed by atoms with Crippen molar-refractivity contribution in [2.24, 2.45) is 5.73 Å². The Balaban J connectivity index is 1.90. The molecule has 3 rings (SSSR count). The lowest BCUT2D eigenvalue weighted by Gasteiger charge is -2.15. The number of nitrogens with two attached hydrogens (primary N) is 1. The van der Waals surface area contributed by atoms with E-state index in [2.05, 4.69) is 26.2 Å². The first-order valence-electron chi connectivity index (χ1n) is 7.26. The number of rotatable bonds is 4. The van der Waals surface area contributed by atoms with Crippen molar-refractivity contribution in [1.29, 1.82) is 0 Å². The van der Waals surface area contributed by atoms with Gasteiger partial charge in [0.1, 0.15) is 17.4 Å². The molecule has 0 saturated heterocycles. The van der Waals surface area contributed by atoms with Crippen LogP contribution in [0.15, 0.2) is 53.1 Å². The summed E-state index contributed by atoms with van der Waals surface area (Å²) < 4.78 is 2.61. The summed E-state index contributed by atoms with van der Waals surface area (Å²) in [4.78, 5) is 28.5. The molecular weight excluding hydrogens is 372 g/mol. The second kappa shape index (κ2) is 6.45. The number of pyridine rings is 1. The van der Waals surface area contributed by atoms with Gasteiger partial charge in [0.2, 0.25) is 5.91 Å². The summed E-state index contributed by atoms with van der Waals surface area (Å²) in [6.07, 6.45) is 1.64. The summed E-state index contributed by atoms with van der Waals surface area (Å²) in [5.41, 5.74) is 7.90. The van der Waals surface area contributed by atoms with Gasteiger partial charge in [0, 0.05) is 16.4 Å². The van der Waals surface area contributed by atoms with E-state index in [1.807, 2.05) is 35.6 Å². The zero-order chi connectivity index (χ0) is 17.3. The van der Waals surface area contributed by atoms with E-state index in [4.69, 9.17) is 5.73 Å². The maximum atomic E-state index is 12.5. The highest BCUT2D eigenvalue weighted by Crippen LogP contribution is 2.19. The number of hydrogen-bond acceptors (Lipinski definition) is 3. The molecule has 3 aromatic rings. The van der Waals surface area contributed by atoms with Crippen LogP contribution in [0.3, 0.4) is 0 Å². The topological polar surface area (TPSA) is 89.5 Å². The molecule has 122 valence electrons. The van der Waals surface area contributed by atoms with Crippen molar-refractivity contribution < 1.29 is 9.59 Å². The number of nitrogens with zero attached hydrogens (tertiary/aromatic N) is 2. The number of fused-ring (bicyclic) bond motifs is 1. The average Bonchev–Trinajstić information content (AvgIpc) is 2.98. The molecule has 2 amide bonds. The summed E-state index contributed by atoms with van der Waals surface area (Å²) in [5.74, 6) is -1.09. The van der Waals surface area contributed by atoms with Crippen molar-refractivity contribution in [3.8, 4) is 0 Å². The fourth-order valence-corrected chi connectivity index (χ4v) is 2.88. The number of benzene rings is 1. The van der Waals surface area contributed by atoms with E-state index in [1.165, 1.54) is 0 Å². The van der Waals surface area contributed by atoms with Crippen LogP contribution in [-0.2, 0) is 4.79 Å². The van der Waals surface area contributed by atoms with Gasteiger partial charge in [-0.15, -0.1) is 0 Å². The Hall–Kier alpha value is -2.67. The van der Waals surface area contributed by atoms with Gasteiger partial charge < -0.3 is 15.5 Å². The van der Waals surface area contributed by atoms with E-state index in [1.54, 1.807) is 24.4 Å². The number of nitrogens with one attached hydrogen (secondary N) is 1. The second-order valence-electron chi connectivity index (χ2n) is 5.39. The molecule has 0 spiro atoms. The lowest BCUT2D eigenvalue weighted by Crippen LogP contribution is -2.37. The zero-order valence-electron chi connectivity index (χ0n) is 12.9. The number of carbonyl (C=O) groups excluding carboxylic acids is 2. The Labute approximate surface area is 146 Å². The third-order valence-corrected chi connectivity index (χ3v) is 4.16. The van der Waals surface area contributed by atoms with Gasteiger partial charge in [-0.2, -0.15) is 0 Å². The van der Waals surface area contributed by atoms with Crippen LogP contribution in [0.2, 0.25) is 0 Å². The molecule has 2 aromatic heterocycles. The van der Waals surface area contributed by atoms with E-state index in [0.717, 1.165) is 10.2 Å². The number of primary amides is 1. The lowest BCUT2D eigenvalue weighted by molar-refractivity contribution is -0.120. The molecule has 1 atom stereocenters. The highest BCUT2D eigenvalue weighted by Gasteiger charge is 2.22. The maximum absolute atomic E-state index is 12.5. The highest BCUT2D eigenvalue weighted by atomic mass is 79.9. The van der Waals surface area contributed by atoms with Gasteiger partial charge in [-0.1, -0.05) is 34.1 Å². The molecule has 3 N–H and O–H groups in total. The standard InChI is InChI=1S/C17H15BrN4O2/c1-10-4-2-7-14-20-13(9-22(10)14)17(24)21-15(16(19)23)11-5-3-6-12(18)8-11/h2-9,15H,1H3,(H2,19,23)(H,21,24)/t15-/m0/s1. The molecule has 0 aliphatic carbocycles. The molecular formula is C17H15BrN4O2. The maximum Gasteiger partial charge on any atom is 0.272 e. The van der Waals surface area contributed by atoms with E-state index in [9.17, 15) is 9.59 Å². The van der Waals surface area contributed by atoms with Gasteiger partial charge in [0.15, 0.2) is 0 Å². The van der Waals surface area contributed by atoms with Crippen LogP contribution in [-0.4, -0.2) is 21.2 Å². The summed E-state index contributed by atoms with van der Waals surface area (Å²) in [6.45, 7) is 1.92. The molecule has 0 unspecified atom stereocenters. The lowest BCUT2D eigenvalue weighted by atomic mass is 10.1. The first-order chi connectivity index (χ1) is 11.5. The van der Waals surface area contributed by atoms with Crippen molar-refractivity contribution in [2.45, 2.75) is 13.0 Å². The zero-order valence-corrected chi connectivity index (χ0v) is 14.4. The minimum atomic E-state index is -0.930. The van der Waals surface area contributed by atoms with E-state index in [0.29, 0.717) is 11.2 Å². The predicted octanol–water partition coefficient (Wildman–Crippen LogP) is 2.36. The number of halogens is 1. The molecule has 24 heavy (non-hydrogen) atoms. The molecule has 0 saturated carbocycles. The molecule has 6 nitrogen and oxygen atoms in total. The van der Waals surface area contributed by atoms with Gasteiger partial charge in [0.25, 0.3) is 5.91 Å². The fraction of sp³-hybridized carbons (Fsp3) is 0.118. The normalized spacial score (nSPS) is 12.1. The molecule has 7 heteroatoms. The van der Waals surface area contributed by atoms with Crippen LogP contribution in [0, 0.1) is 6.92 Å². The first-order valence-corrected chi connectivity index (χ1v) is 8.05. The third kappa shape index (κ3) is 3.16. The van der Waals surface area contributed by atoms with Crippen LogP contribution in [0.5, 0.6) is 0 Å². The Bertz CT molecular complexity index is 935. The van der Waals surface area contributed by atoms with Crippen molar-refractivity contribution in [1.82, 2.24) is 14.7 Å². The summed E-state index contributed by atoms with van der Waals surface area (Å²) in [7, 11) is 0. The minimum absolute atomic E-state index is 0.227. The van der Waals surface area contributed by atoms with Gasteiger partial charge in [-0.05, 0) is 36.8 Å². The molecule has 1 aromatic carbocycles. The van der Waals surface area contributed by atoms with Crippen LogP contribution in [0.4, 0.5) is 0 Å². The van der Waals surface area contributed by atoms with Gasteiger partial charge in [0.05, 0.1) is 0 Å². The first kappa shape index (κ1) is 16.2. The van der Waals surface area contributed by atoms with Crippen molar-refractivity contribution >= 4 is 33.4 Å². The van der Waals surface area contributed by atoms with Crippen LogP contribution < -0.4 is 11.1 Å². The van der Waals surface area contributed by atoms with Crippen LogP contribution >= 0.6 is 15.9 Å². The van der Waals surface area contributed by atoms with E-state index < -0.39 is 17.9 Å². The molecule has 0 bridgehead atoms. The Morgan fingerprint density at radius 3 is 2.67 bits per heavy atom. The quantitative estimate of drug-likeness (QED) is 0.720. The SMILES string of the molecule is Cc1cccc2nc(C(=O)N[C@H](C(N)=O)c3cccc(Br)c3)cn12. The minimum Gasteiger partial charge on any atom is -0.368 e. The number of carbonyl (C=O) groups is 2. The molecule has 0 aliphatic heterocycles. The third-order valence-electron chi connectivity index (χ3n) is 3.67. The monoisotopic (exact) mass is 386 g/mol. The number of imidazole rings is 1. The number of aryl methyl sites for hydroxylation is 1. The number of aromatic nitrogens is 2. The average molecular weight is 387 g/mol. The Morgan fingerprint density at radius 1 is 1.25 bits per heavy atom. The Kier molecular flexibility index (Phi) is 4.35. The number of hydrogen-bond donors (Lipinski definition) is 2. The number of amides is 2. The smallest absolute Gasteiger partial charge is 0.272 e.